The first-order chi connectivity index (χ1) is 25.8. The van der Waals surface area contributed by atoms with Gasteiger partial charge in [-0.3, -0.25) is 19.1 Å². The van der Waals surface area contributed by atoms with Gasteiger partial charge in [0.25, 0.3) is 27.4 Å². The van der Waals surface area contributed by atoms with Gasteiger partial charge in [-0.25, -0.2) is 36.3 Å². The molecule has 2 heterocycles. The van der Waals surface area contributed by atoms with Crippen LogP contribution in [0.5, 0.6) is 0 Å². The van der Waals surface area contributed by atoms with Crippen LogP contribution in [-0.2, 0) is 33.0 Å². The Morgan fingerprint density at radius 1 is 0.945 bits per heavy atom. The van der Waals surface area contributed by atoms with Crippen molar-refractivity contribution in [2.45, 2.75) is 88.8 Å². The summed E-state index contributed by atoms with van der Waals surface area (Å²) in [7, 11) is -2.96. The summed E-state index contributed by atoms with van der Waals surface area (Å²) >= 11 is 0. The van der Waals surface area contributed by atoms with Gasteiger partial charge >= 0.3 is 11.7 Å². The van der Waals surface area contributed by atoms with Gasteiger partial charge in [-0.2, -0.15) is 0 Å². The number of aryl methyl sites for hydroxylation is 1. The fourth-order valence-electron chi connectivity index (χ4n) is 5.91. The summed E-state index contributed by atoms with van der Waals surface area (Å²) in [4.78, 5) is 68.5. The number of hydrogen-bond acceptors (Lipinski definition) is 9. The summed E-state index contributed by atoms with van der Waals surface area (Å²) in [5, 5.41) is 5.16. The summed E-state index contributed by atoms with van der Waals surface area (Å²) in [5.41, 5.74) is -2.32. The number of sulfonamides is 1. The van der Waals surface area contributed by atoms with Crippen molar-refractivity contribution in [2.75, 3.05) is 4.72 Å². The molecule has 55 heavy (non-hydrogen) atoms. The molecule has 4 aromatic rings. The summed E-state index contributed by atoms with van der Waals surface area (Å²) in [6.07, 6.45) is 4.63. The first-order valence-electron chi connectivity index (χ1n) is 17.5. The van der Waals surface area contributed by atoms with Crippen molar-refractivity contribution in [1.82, 2.24) is 24.8 Å². The minimum Gasteiger partial charge on any atom is -0.461 e. The monoisotopic (exact) mass is 780 g/mol. The number of pyridine rings is 1. The number of esters is 1. The molecule has 0 aliphatic heterocycles. The molecule has 1 aliphatic rings. The normalized spacial score (nSPS) is 14.2. The van der Waals surface area contributed by atoms with E-state index in [1.54, 1.807) is 27.7 Å². The molecule has 1 saturated carbocycles. The topological polar surface area (TPSA) is 188 Å². The highest BCUT2D eigenvalue weighted by Gasteiger charge is 2.29. The van der Waals surface area contributed by atoms with Crippen LogP contribution in [0, 0.1) is 18.6 Å². The van der Waals surface area contributed by atoms with Crippen molar-refractivity contribution in [2.24, 2.45) is 7.05 Å². The van der Waals surface area contributed by atoms with Crippen LogP contribution in [0.25, 0.3) is 5.82 Å². The molecular weight excluding hydrogens is 739 g/mol. The summed E-state index contributed by atoms with van der Waals surface area (Å²) in [6.45, 7) is 6.95. The van der Waals surface area contributed by atoms with E-state index in [9.17, 15) is 32.4 Å². The number of amides is 2. The number of nitrogens with one attached hydrogen (secondary N) is 3. The molecule has 292 valence electrons. The fourth-order valence-corrected chi connectivity index (χ4v) is 6.97. The lowest BCUT2D eigenvalue weighted by Gasteiger charge is -2.25. The Hall–Kier alpha value is -5.71. The Balaban J connectivity index is 1.35. The van der Waals surface area contributed by atoms with E-state index in [0.717, 1.165) is 36.0 Å². The number of benzene rings is 2. The quantitative estimate of drug-likeness (QED) is 0.189. The van der Waals surface area contributed by atoms with Crippen molar-refractivity contribution in [3.8, 4) is 5.82 Å². The fraction of sp³-hybridized carbons (Fsp3) is 0.368. The van der Waals surface area contributed by atoms with Gasteiger partial charge in [0.1, 0.15) is 29.6 Å². The molecule has 14 nitrogen and oxygen atoms in total. The third kappa shape index (κ3) is 9.89. The first-order valence-corrected chi connectivity index (χ1v) is 19.0. The average molecular weight is 781 g/mol. The Morgan fingerprint density at radius 3 is 2.24 bits per heavy atom. The van der Waals surface area contributed by atoms with Crippen molar-refractivity contribution >= 4 is 33.5 Å². The number of hydrogen-bond donors (Lipinski definition) is 3. The number of carbonyl (C=O) groups excluding carboxylic acids is 3. The predicted octanol–water partition coefficient (Wildman–Crippen LogP) is 4.06. The van der Waals surface area contributed by atoms with Crippen LogP contribution in [0.1, 0.15) is 84.8 Å². The van der Waals surface area contributed by atoms with Crippen LogP contribution in [-0.4, -0.2) is 58.0 Å². The van der Waals surface area contributed by atoms with Crippen LogP contribution in [0.2, 0.25) is 0 Å². The average Bonchev–Trinajstić information content (AvgIpc) is 3.12. The van der Waals surface area contributed by atoms with Gasteiger partial charge < -0.3 is 19.9 Å². The van der Waals surface area contributed by atoms with Gasteiger partial charge in [0, 0.05) is 48.6 Å². The molecule has 0 radical (unpaired) electrons. The van der Waals surface area contributed by atoms with Crippen LogP contribution >= 0.6 is 0 Å². The molecule has 1 aliphatic carbocycles. The van der Waals surface area contributed by atoms with Crippen LogP contribution in [0.15, 0.2) is 75.3 Å². The molecule has 5 rings (SSSR count). The molecule has 2 aromatic carbocycles. The van der Waals surface area contributed by atoms with E-state index in [4.69, 9.17) is 4.74 Å². The Bertz CT molecular complexity index is 2330. The molecule has 0 spiro atoms. The lowest BCUT2D eigenvalue weighted by atomic mass is 9.97. The Labute approximate surface area is 316 Å². The summed E-state index contributed by atoms with van der Waals surface area (Å²) in [5.74, 6) is -4.99. The molecule has 17 heteroatoms. The number of anilines is 1. The molecule has 0 saturated heterocycles. The Morgan fingerprint density at radius 2 is 1.62 bits per heavy atom. The maximum Gasteiger partial charge on any atom is 0.336 e. The number of aromatic nitrogens is 3. The SMILES string of the molecule is Cc1cc(=O)n(-c2ccc(C[C@H](NC(=O)c3cc(F)c(NS(=O)(=O)c4ccc(C(=O)NC(C)(C)C)cc4)cc3F)C(=O)OC3CCCCC3)cn2)c(=O)n1C. The predicted molar refractivity (Wildman–Crippen MR) is 199 cm³/mol. The molecule has 0 unspecified atom stereocenters. The third-order valence-electron chi connectivity index (χ3n) is 8.92. The van der Waals surface area contributed by atoms with E-state index in [2.05, 4.69) is 15.6 Å². The van der Waals surface area contributed by atoms with Gasteiger partial charge in [0.15, 0.2) is 0 Å². The molecule has 3 N–H and O–H groups in total. The van der Waals surface area contributed by atoms with Gasteiger partial charge in [-0.1, -0.05) is 12.5 Å². The second kappa shape index (κ2) is 16.3. The van der Waals surface area contributed by atoms with E-state index in [-0.39, 0.29) is 22.7 Å². The maximum absolute atomic E-state index is 15.4. The van der Waals surface area contributed by atoms with Gasteiger partial charge in [0.2, 0.25) is 0 Å². The minimum absolute atomic E-state index is 0.0218. The van der Waals surface area contributed by atoms with E-state index in [0.29, 0.717) is 36.2 Å². The second-order valence-corrected chi connectivity index (χ2v) is 16.1. The standard InChI is InChI=1S/C38H42F2N6O8S/c1-22-17-33(47)46(37(51)45(22)5)32-16-11-23(21-41-32)18-31(36(50)54-25-9-7-6-8-10-25)42-35(49)27-19-29(40)30(20-28(27)39)44-55(52,53)26-14-12-24(13-15-26)34(48)43-38(2,3)4/h11-17,19-21,25,31,44H,6-10,18H2,1-5H3,(H,42,49)(H,43,48)/t31-/m0/s1. The zero-order valence-electron chi connectivity index (χ0n) is 30.9. The lowest BCUT2D eigenvalue weighted by molar-refractivity contribution is -0.152. The van der Waals surface area contributed by atoms with Crippen molar-refractivity contribution in [3.63, 3.8) is 0 Å². The van der Waals surface area contributed by atoms with E-state index in [1.165, 1.54) is 48.1 Å². The van der Waals surface area contributed by atoms with Gasteiger partial charge in [-0.05, 0) is 95.3 Å². The summed E-state index contributed by atoms with van der Waals surface area (Å²) < 4.78 is 66.6. The second-order valence-electron chi connectivity index (χ2n) is 14.4. The van der Waals surface area contributed by atoms with Crippen LogP contribution in [0.4, 0.5) is 14.5 Å². The number of ether oxygens (including phenoxy) is 1. The highest BCUT2D eigenvalue weighted by molar-refractivity contribution is 7.92. The molecule has 1 fully saturated rings. The molecule has 2 amide bonds. The Kier molecular flexibility index (Phi) is 12.0. The largest absolute Gasteiger partial charge is 0.461 e. The highest BCUT2D eigenvalue weighted by Crippen LogP contribution is 2.25. The molecular formula is C38H42F2N6O8S. The van der Waals surface area contributed by atoms with E-state index in [1.807, 2.05) is 4.72 Å². The van der Waals surface area contributed by atoms with Crippen LogP contribution < -0.4 is 26.6 Å². The van der Waals surface area contributed by atoms with Crippen molar-refractivity contribution in [1.29, 1.82) is 0 Å². The minimum atomic E-state index is -4.47. The zero-order chi connectivity index (χ0) is 40.2. The highest BCUT2D eigenvalue weighted by atomic mass is 32.2. The summed E-state index contributed by atoms with van der Waals surface area (Å²) in [6, 6.07) is 8.59. The number of nitrogens with zero attached hydrogens (tertiary/aromatic N) is 3. The lowest BCUT2D eigenvalue weighted by Crippen LogP contribution is -2.45. The number of rotatable bonds is 11. The number of halogens is 2. The van der Waals surface area contributed by atoms with Gasteiger partial charge in [-0.15, -0.1) is 0 Å². The zero-order valence-corrected chi connectivity index (χ0v) is 31.8. The van der Waals surface area contributed by atoms with Gasteiger partial charge in [0.05, 0.1) is 16.1 Å². The third-order valence-corrected chi connectivity index (χ3v) is 10.3. The van der Waals surface area contributed by atoms with E-state index >= 15 is 8.78 Å². The van der Waals surface area contributed by atoms with Crippen molar-refractivity contribution in [3.05, 3.63) is 116 Å². The molecule has 0 bridgehead atoms. The molecule has 1 atom stereocenters. The molecule has 2 aromatic heterocycles. The maximum atomic E-state index is 15.4. The number of carbonyl (C=O) groups is 3. The smallest absolute Gasteiger partial charge is 0.336 e. The van der Waals surface area contributed by atoms with E-state index < -0.39 is 79.6 Å². The van der Waals surface area contributed by atoms with Crippen LogP contribution in [0.3, 0.4) is 0 Å². The first kappa shape index (κ1) is 40.5. The van der Waals surface area contributed by atoms with Crippen molar-refractivity contribution < 1.29 is 36.3 Å².